The monoisotopic (exact) mass is 285 g/mol. The van der Waals surface area contributed by atoms with Crippen LogP contribution in [-0.2, 0) is 9.84 Å². The van der Waals surface area contributed by atoms with Crippen molar-refractivity contribution < 1.29 is 23.1 Å². The fourth-order valence-corrected chi connectivity index (χ4v) is 3.24. The van der Waals surface area contributed by atoms with Crippen LogP contribution in [0, 0.1) is 0 Å². The number of carbonyl (C=O) groups is 1. The molecule has 1 aromatic rings. The molecule has 2 rings (SSSR count). The minimum atomic E-state index is -2.98. The third kappa shape index (κ3) is 2.98. The van der Waals surface area contributed by atoms with E-state index in [0.717, 1.165) is 0 Å². The van der Waals surface area contributed by atoms with E-state index in [2.05, 4.69) is 0 Å². The van der Waals surface area contributed by atoms with Crippen molar-refractivity contribution in [3.8, 4) is 5.75 Å². The molecule has 0 spiro atoms. The van der Waals surface area contributed by atoms with Crippen LogP contribution in [0.15, 0.2) is 18.2 Å². The van der Waals surface area contributed by atoms with Crippen molar-refractivity contribution in [2.75, 3.05) is 36.6 Å². The van der Waals surface area contributed by atoms with E-state index in [9.17, 15) is 18.3 Å². The molecule has 1 aliphatic heterocycles. The van der Waals surface area contributed by atoms with Gasteiger partial charge in [-0.2, -0.15) is 0 Å². The van der Waals surface area contributed by atoms with Gasteiger partial charge in [-0.3, -0.25) is 0 Å². The quantitative estimate of drug-likeness (QED) is 0.877. The minimum Gasteiger partial charge on any atom is -0.497 e. The molecule has 1 N–H and O–H groups in total. The standard InChI is InChI=1S/C12H15NO5S/c1-18-9-2-3-11(10(8-9)12(14)15)13-4-6-19(16,17)7-5-13/h2-3,8H,4-7H2,1H3,(H,14,15). The van der Waals surface area contributed by atoms with E-state index in [1.807, 2.05) is 0 Å². The molecule has 0 unspecified atom stereocenters. The number of hydrogen-bond donors (Lipinski definition) is 1. The van der Waals surface area contributed by atoms with E-state index in [0.29, 0.717) is 24.5 Å². The number of anilines is 1. The summed E-state index contributed by atoms with van der Waals surface area (Å²) in [7, 11) is -1.52. The summed E-state index contributed by atoms with van der Waals surface area (Å²) in [6, 6.07) is 4.77. The Kier molecular flexibility index (Phi) is 3.66. The van der Waals surface area contributed by atoms with Gasteiger partial charge in [-0.1, -0.05) is 0 Å². The normalized spacial score (nSPS) is 18.1. The Morgan fingerprint density at radius 2 is 1.95 bits per heavy atom. The Labute approximate surface area is 111 Å². The highest BCUT2D eigenvalue weighted by atomic mass is 32.2. The highest BCUT2D eigenvalue weighted by molar-refractivity contribution is 7.91. The van der Waals surface area contributed by atoms with Crippen molar-refractivity contribution in [3.05, 3.63) is 23.8 Å². The third-order valence-corrected chi connectivity index (χ3v) is 4.73. The van der Waals surface area contributed by atoms with Gasteiger partial charge >= 0.3 is 5.97 Å². The second kappa shape index (κ2) is 5.08. The molecule has 7 heteroatoms. The molecule has 1 aliphatic rings. The number of sulfone groups is 1. The number of benzene rings is 1. The molecule has 0 saturated carbocycles. The van der Waals surface area contributed by atoms with Crippen LogP contribution in [0.4, 0.5) is 5.69 Å². The van der Waals surface area contributed by atoms with Crippen molar-refractivity contribution in [3.63, 3.8) is 0 Å². The third-order valence-electron chi connectivity index (χ3n) is 3.12. The van der Waals surface area contributed by atoms with Gasteiger partial charge < -0.3 is 14.7 Å². The number of rotatable bonds is 3. The van der Waals surface area contributed by atoms with Crippen LogP contribution in [0.1, 0.15) is 10.4 Å². The van der Waals surface area contributed by atoms with Gasteiger partial charge in [-0.15, -0.1) is 0 Å². The Morgan fingerprint density at radius 3 is 2.47 bits per heavy atom. The Hall–Kier alpha value is -1.76. The molecule has 1 heterocycles. The largest absolute Gasteiger partial charge is 0.497 e. The average molecular weight is 285 g/mol. The summed E-state index contributed by atoms with van der Waals surface area (Å²) >= 11 is 0. The zero-order chi connectivity index (χ0) is 14.0. The second-order valence-electron chi connectivity index (χ2n) is 4.33. The number of ether oxygens (including phenoxy) is 1. The first-order valence-electron chi connectivity index (χ1n) is 5.79. The first-order chi connectivity index (χ1) is 8.93. The lowest BCUT2D eigenvalue weighted by Gasteiger charge is -2.29. The SMILES string of the molecule is COc1ccc(N2CCS(=O)(=O)CC2)c(C(=O)O)c1. The Bertz CT molecular complexity index is 582. The number of methoxy groups -OCH3 is 1. The topological polar surface area (TPSA) is 83.9 Å². The van der Waals surface area contributed by atoms with Crippen LogP contribution in [0.3, 0.4) is 0 Å². The van der Waals surface area contributed by atoms with Gasteiger partial charge in [-0.05, 0) is 18.2 Å². The summed E-state index contributed by atoms with van der Waals surface area (Å²) in [5, 5.41) is 9.22. The molecule has 19 heavy (non-hydrogen) atoms. The van der Waals surface area contributed by atoms with E-state index in [-0.39, 0.29) is 17.1 Å². The predicted molar refractivity (Wildman–Crippen MR) is 70.8 cm³/mol. The van der Waals surface area contributed by atoms with Gasteiger partial charge in [0, 0.05) is 13.1 Å². The minimum absolute atomic E-state index is 0.0537. The molecule has 0 aliphatic carbocycles. The van der Waals surface area contributed by atoms with Crippen molar-refractivity contribution in [1.82, 2.24) is 0 Å². The second-order valence-corrected chi connectivity index (χ2v) is 6.63. The van der Waals surface area contributed by atoms with Crippen LogP contribution >= 0.6 is 0 Å². The maximum absolute atomic E-state index is 11.4. The van der Waals surface area contributed by atoms with Crippen molar-refractivity contribution in [1.29, 1.82) is 0 Å². The summed E-state index contributed by atoms with van der Waals surface area (Å²) in [5.74, 6) is -0.482. The van der Waals surface area contributed by atoms with Crippen LogP contribution in [-0.4, -0.2) is 51.2 Å². The number of carboxylic acid groups (broad SMARTS) is 1. The summed E-state index contributed by atoms with van der Waals surface area (Å²) in [4.78, 5) is 13.0. The lowest BCUT2D eigenvalue weighted by Crippen LogP contribution is -2.40. The molecular weight excluding hydrogens is 270 g/mol. The molecule has 0 amide bonds. The number of nitrogens with zero attached hydrogens (tertiary/aromatic N) is 1. The highest BCUT2D eigenvalue weighted by Gasteiger charge is 2.25. The summed E-state index contributed by atoms with van der Waals surface area (Å²) in [5.41, 5.74) is 0.654. The Balaban J connectivity index is 2.32. The first kappa shape index (κ1) is 13.7. The van der Waals surface area contributed by atoms with Crippen LogP contribution in [0.25, 0.3) is 0 Å². The number of aromatic carboxylic acids is 1. The van der Waals surface area contributed by atoms with E-state index in [1.165, 1.54) is 13.2 Å². The van der Waals surface area contributed by atoms with Gasteiger partial charge in [0.1, 0.15) is 5.75 Å². The molecule has 1 fully saturated rings. The van der Waals surface area contributed by atoms with Gasteiger partial charge in [0.25, 0.3) is 0 Å². The van der Waals surface area contributed by atoms with Gasteiger partial charge in [0.2, 0.25) is 0 Å². The number of hydrogen-bond acceptors (Lipinski definition) is 5. The molecule has 1 saturated heterocycles. The van der Waals surface area contributed by atoms with Crippen molar-refractivity contribution >= 4 is 21.5 Å². The van der Waals surface area contributed by atoms with Crippen LogP contribution in [0.5, 0.6) is 5.75 Å². The molecule has 104 valence electrons. The average Bonchev–Trinajstić information content (AvgIpc) is 2.38. The summed E-state index contributed by atoms with van der Waals surface area (Å²) in [6.45, 7) is 0.629. The molecule has 0 bridgehead atoms. The van der Waals surface area contributed by atoms with E-state index in [4.69, 9.17) is 4.74 Å². The lowest BCUT2D eigenvalue weighted by atomic mass is 10.1. The Morgan fingerprint density at radius 1 is 1.32 bits per heavy atom. The molecule has 6 nitrogen and oxygen atoms in total. The highest BCUT2D eigenvalue weighted by Crippen LogP contribution is 2.26. The molecule has 0 aromatic heterocycles. The van der Waals surface area contributed by atoms with E-state index >= 15 is 0 Å². The smallest absolute Gasteiger partial charge is 0.337 e. The van der Waals surface area contributed by atoms with Gasteiger partial charge in [-0.25, -0.2) is 13.2 Å². The zero-order valence-electron chi connectivity index (χ0n) is 10.5. The van der Waals surface area contributed by atoms with Crippen LogP contribution in [0.2, 0.25) is 0 Å². The fourth-order valence-electron chi connectivity index (χ4n) is 2.04. The van der Waals surface area contributed by atoms with E-state index in [1.54, 1.807) is 17.0 Å². The number of carboxylic acids is 1. The molecular formula is C12H15NO5S. The summed E-state index contributed by atoms with van der Waals surface area (Å²) in [6.07, 6.45) is 0. The molecule has 0 atom stereocenters. The first-order valence-corrected chi connectivity index (χ1v) is 7.62. The molecule has 0 radical (unpaired) electrons. The van der Waals surface area contributed by atoms with Crippen molar-refractivity contribution in [2.45, 2.75) is 0 Å². The lowest BCUT2D eigenvalue weighted by molar-refractivity contribution is 0.0697. The predicted octanol–water partition coefficient (Wildman–Crippen LogP) is 0.628. The maximum atomic E-state index is 11.4. The zero-order valence-corrected chi connectivity index (χ0v) is 11.3. The summed E-state index contributed by atoms with van der Waals surface area (Å²) < 4.78 is 27.8. The van der Waals surface area contributed by atoms with E-state index < -0.39 is 15.8 Å². The van der Waals surface area contributed by atoms with Crippen molar-refractivity contribution in [2.24, 2.45) is 0 Å². The van der Waals surface area contributed by atoms with Gasteiger partial charge in [0.05, 0.1) is 29.9 Å². The molecule has 1 aromatic carbocycles. The fraction of sp³-hybridized carbons (Fsp3) is 0.417. The van der Waals surface area contributed by atoms with Gasteiger partial charge in [0.15, 0.2) is 9.84 Å². The maximum Gasteiger partial charge on any atom is 0.337 e. The van der Waals surface area contributed by atoms with Crippen LogP contribution < -0.4 is 9.64 Å².